The lowest BCUT2D eigenvalue weighted by atomic mass is 10.0. The van der Waals surface area contributed by atoms with Crippen LogP contribution in [-0.4, -0.2) is 43.2 Å². The number of nitrogens with one attached hydrogen (secondary N) is 1. The number of thiophene rings is 1. The lowest BCUT2D eigenvalue weighted by Gasteiger charge is -2.36. The van der Waals surface area contributed by atoms with Gasteiger partial charge in [0.1, 0.15) is 17.6 Å². The van der Waals surface area contributed by atoms with Gasteiger partial charge >= 0.3 is 0 Å². The lowest BCUT2D eigenvalue weighted by molar-refractivity contribution is 0.0749. The highest BCUT2D eigenvalue weighted by molar-refractivity contribution is 7.16. The number of rotatable bonds is 7. The topological polar surface area (TPSA) is 50.8 Å². The molecular formula is C23H29ClN2O3S. The lowest BCUT2D eigenvalue weighted by Crippen LogP contribution is -2.43. The van der Waals surface area contributed by atoms with E-state index in [-0.39, 0.29) is 12.0 Å². The van der Waals surface area contributed by atoms with Crippen LogP contribution in [0.3, 0.4) is 0 Å². The van der Waals surface area contributed by atoms with Gasteiger partial charge in [0.15, 0.2) is 0 Å². The number of carbonyl (C=O) groups excluding carboxylic acids is 1. The monoisotopic (exact) mass is 448 g/mol. The minimum absolute atomic E-state index is 0.138. The summed E-state index contributed by atoms with van der Waals surface area (Å²) in [6.45, 7) is 2.59. The fourth-order valence-corrected chi connectivity index (χ4v) is 5.46. The van der Waals surface area contributed by atoms with Crippen molar-refractivity contribution in [2.75, 3.05) is 20.2 Å². The van der Waals surface area contributed by atoms with Gasteiger partial charge < -0.3 is 19.7 Å². The smallest absolute Gasteiger partial charge is 0.255 e. The number of carbonyl (C=O) groups is 1. The molecule has 0 radical (unpaired) electrons. The number of benzene rings is 1. The molecule has 0 bridgehead atoms. The van der Waals surface area contributed by atoms with E-state index >= 15 is 0 Å². The second kappa shape index (κ2) is 10.0. The van der Waals surface area contributed by atoms with Gasteiger partial charge in [-0.15, -0.1) is 11.3 Å². The van der Waals surface area contributed by atoms with Crippen molar-refractivity contribution < 1.29 is 14.3 Å². The minimum atomic E-state index is -0.170. The zero-order chi connectivity index (χ0) is 20.9. The van der Waals surface area contributed by atoms with Crippen molar-refractivity contribution in [2.24, 2.45) is 0 Å². The Balaban J connectivity index is 1.39. The fourth-order valence-electron chi connectivity index (χ4n) is 4.43. The molecule has 7 heteroatoms. The summed E-state index contributed by atoms with van der Waals surface area (Å²) < 4.78 is 12.4. The van der Waals surface area contributed by atoms with E-state index in [2.05, 4.69) is 10.2 Å². The Morgan fingerprint density at radius 1 is 1.17 bits per heavy atom. The molecule has 162 valence electrons. The molecule has 5 nitrogen and oxygen atoms in total. The van der Waals surface area contributed by atoms with Crippen molar-refractivity contribution in [1.82, 2.24) is 10.2 Å². The number of ether oxygens (including phenoxy) is 2. The van der Waals surface area contributed by atoms with Crippen LogP contribution in [0.15, 0.2) is 30.3 Å². The molecule has 0 atom stereocenters. The third-order valence-corrected chi connectivity index (χ3v) is 7.33. The average molecular weight is 449 g/mol. The van der Waals surface area contributed by atoms with E-state index in [0.717, 1.165) is 36.9 Å². The third kappa shape index (κ3) is 5.29. The average Bonchev–Trinajstić information content (AvgIpc) is 3.45. The Labute approximate surface area is 187 Å². The summed E-state index contributed by atoms with van der Waals surface area (Å²) in [5.41, 5.74) is 0.509. The van der Waals surface area contributed by atoms with Gasteiger partial charge in [-0.25, -0.2) is 0 Å². The molecule has 1 saturated carbocycles. The van der Waals surface area contributed by atoms with Crippen molar-refractivity contribution in [3.8, 4) is 11.5 Å². The Morgan fingerprint density at radius 3 is 2.60 bits per heavy atom. The van der Waals surface area contributed by atoms with Gasteiger partial charge in [0, 0.05) is 24.0 Å². The first-order valence-corrected chi connectivity index (χ1v) is 11.9. The van der Waals surface area contributed by atoms with E-state index in [1.54, 1.807) is 13.2 Å². The number of nitrogens with zero attached hydrogens (tertiary/aromatic N) is 1. The van der Waals surface area contributed by atoms with Crippen LogP contribution >= 0.6 is 22.9 Å². The standard InChI is InChI=1S/C23H29ClN2O3S/c1-28-18-6-8-21(20(14-18)23(27)25-15-19-7-9-22(24)30-19)29-17-10-12-26(13-11-17)16-4-2-3-5-16/h6-9,14,16-17H,2-5,10-13,15H2,1H3,(H,25,27). The predicted octanol–water partition coefficient (Wildman–Crippen LogP) is 5.13. The molecule has 0 unspecified atom stereocenters. The molecule has 2 aromatic rings. The number of amides is 1. The highest BCUT2D eigenvalue weighted by Gasteiger charge is 2.28. The van der Waals surface area contributed by atoms with E-state index in [0.29, 0.717) is 27.9 Å². The van der Waals surface area contributed by atoms with Crippen LogP contribution in [0.2, 0.25) is 4.34 Å². The Hall–Kier alpha value is -1.76. The minimum Gasteiger partial charge on any atom is -0.497 e. The number of methoxy groups -OCH3 is 1. The van der Waals surface area contributed by atoms with Crippen LogP contribution in [-0.2, 0) is 6.54 Å². The molecule has 30 heavy (non-hydrogen) atoms. The molecule has 1 amide bonds. The number of piperidine rings is 1. The maximum atomic E-state index is 12.9. The van der Waals surface area contributed by atoms with Crippen LogP contribution in [0.5, 0.6) is 11.5 Å². The fraction of sp³-hybridized carbons (Fsp3) is 0.522. The molecule has 2 fully saturated rings. The van der Waals surface area contributed by atoms with E-state index in [1.807, 2.05) is 24.3 Å². The maximum Gasteiger partial charge on any atom is 0.255 e. The van der Waals surface area contributed by atoms with Gasteiger partial charge in [0.25, 0.3) is 5.91 Å². The number of hydrogen-bond donors (Lipinski definition) is 1. The number of hydrogen-bond acceptors (Lipinski definition) is 5. The molecule has 1 aliphatic heterocycles. The summed E-state index contributed by atoms with van der Waals surface area (Å²) in [6.07, 6.45) is 7.53. The first-order chi connectivity index (χ1) is 14.6. The summed E-state index contributed by atoms with van der Waals surface area (Å²) in [4.78, 5) is 16.5. The largest absolute Gasteiger partial charge is 0.497 e. The van der Waals surface area contributed by atoms with Gasteiger partial charge in [-0.05, 0) is 56.0 Å². The summed E-state index contributed by atoms with van der Waals surface area (Å²) in [7, 11) is 1.60. The molecule has 1 aliphatic carbocycles. The Bertz CT molecular complexity index is 858. The first kappa shape index (κ1) is 21.5. The van der Waals surface area contributed by atoms with Gasteiger partial charge in [0.2, 0.25) is 0 Å². The van der Waals surface area contributed by atoms with Crippen molar-refractivity contribution in [3.05, 3.63) is 45.1 Å². The molecule has 1 saturated heterocycles. The molecule has 2 aliphatic rings. The Morgan fingerprint density at radius 2 is 1.93 bits per heavy atom. The maximum absolute atomic E-state index is 12.9. The molecule has 1 N–H and O–H groups in total. The summed E-state index contributed by atoms with van der Waals surface area (Å²) in [5.74, 6) is 1.09. The van der Waals surface area contributed by atoms with Gasteiger partial charge in [-0.1, -0.05) is 24.4 Å². The van der Waals surface area contributed by atoms with Gasteiger partial charge in [-0.2, -0.15) is 0 Å². The highest BCUT2D eigenvalue weighted by Crippen LogP contribution is 2.30. The highest BCUT2D eigenvalue weighted by atomic mass is 35.5. The first-order valence-electron chi connectivity index (χ1n) is 10.7. The van der Waals surface area contributed by atoms with E-state index in [4.69, 9.17) is 21.1 Å². The van der Waals surface area contributed by atoms with Gasteiger partial charge in [-0.3, -0.25) is 4.79 Å². The van der Waals surface area contributed by atoms with Crippen LogP contribution in [0.4, 0.5) is 0 Å². The second-order valence-electron chi connectivity index (χ2n) is 8.04. The molecule has 1 aromatic heterocycles. The van der Waals surface area contributed by atoms with Crippen LogP contribution in [0, 0.1) is 0 Å². The van der Waals surface area contributed by atoms with Crippen LogP contribution < -0.4 is 14.8 Å². The van der Waals surface area contributed by atoms with Crippen LogP contribution in [0.25, 0.3) is 0 Å². The van der Waals surface area contributed by atoms with Gasteiger partial charge in [0.05, 0.1) is 23.6 Å². The van der Waals surface area contributed by atoms with Crippen LogP contribution in [0.1, 0.15) is 53.8 Å². The zero-order valence-corrected chi connectivity index (χ0v) is 18.9. The van der Waals surface area contributed by atoms with E-state index in [9.17, 15) is 4.79 Å². The Kier molecular flexibility index (Phi) is 7.18. The summed E-state index contributed by atoms with van der Waals surface area (Å²) >= 11 is 7.45. The molecule has 2 heterocycles. The van der Waals surface area contributed by atoms with E-state index < -0.39 is 0 Å². The van der Waals surface area contributed by atoms with Crippen molar-refractivity contribution in [2.45, 2.75) is 57.2 Å². The summed E-state index contributed by atoms with van der Waals surface area (Å²) in [6, 6.07) is 9.97. The number of halogens is 1. The predicted molar refractivity (Wildman–Crippen MR) is 121 cm³/mol. The molecule has 0 spiro atoms. The van der Waals surface area contributed by atoms with Crippen molar-refractivity contribution >= 4 is 28.8 Å². The quantitative estimate of drug-likeness (QED) is 0.638. The van der Waals surface area contributed by atoms with E-state index in [1.165, 1.54) is 37.0 Å². The molecular weight excluding hydrogens is 420 g/mol. The second-order valence-corrected chi connectivity index (χ2v) is 9.84. The zero-order valence-electron chi connectivity index (χ0n) is 17.4. The SMILES string of the molecule is COc1ccc(OC2CCN(C3CCCC3)CC2)c(C(=O)NCc2ccc(Cl)s2)c1. The van der Waals surface area contributed by atoms with Crippen molar-refractivity contribution in [1.29, 1.82) is 0 Å². The molecule has 4 rings (SSSR count). The third-order valence-electron chi connectivity index (χ3n) is 6.09. The summed E-state index contributed by atoms with van der Waals surface area (Å²) in [5, 5.41) is 2.97. The molecule has 1 aromatic carbocycles. The number of likely N-dealkylation sites (tertiary alicyclic amines) is 1. The van der Waals surface area contributed by atoms with Crippen molar-refractivity contribution in [3.63, 3.8) is 0 Å². The normalized spacial score (nSPS) is 18.5.